The average Bonchev–Trinajstić information content (AvgIpc) is 2.75. The van der Waals surface area contributed by atoms with Gasteiger partial charge in [0.25, 0.3) is 0 Å². The lowest BCUT2D eigenvalue weighted by Gasteiger charge is -2.06. The number of allylic oxidation sites excluding steroid dienone is 1. The van der Waals surface area contributed by atoms with Crippen molar-refractivity contribution in [2.24, 2.45) is 0 Å². The van der Waals surface area contributed by atoms with Crippen LogP contribution in [0.2, 0.25) is 0 Å². The molecule has 0 aliphatic heterocycles. The smallest absolute Gasteiger partial charge is 0.211 e. The molecule has 3 aromatic carbocycles. The Bertz CT molecular complexity index is 1170. The molecule has 0 aromatic heterocycles. The van der Waals surface area contributed by atoms with Crippen LogP contribution >= 0.6 is 15.9 Å². The fourth-order valence-electron chi connectivity index (χ4n) is 2.74. The van der Waals surface area contributed by atoms with Crippen LogP contribution < -0.4 is 4.72 Å². The number of sulfonamides is 1. The van der Waals surface area contributed by atoms with Crippen LogP contribution in [0.1, 0.15) is 23.1 Å². The third kappa shape index (κ3) is 6.43. The van der Waals surface area contributed by atoms with Gasteiger partial charge in [-0.2, -0.15) is 0 Å². The van der Waals surface area contributed by atoms with Crippen molar-refractivity contribution in [3.8, 4) is 11.8 Å². The van der Waals surface area contributed by atoms with Gasteiger partial charge in [-0.3, -0.25) is 0 Å². The summed E-state index contributed by atoms with van der Waals surface area (Å²) in [7, 11) is -3.52. The summed E-state index contributed by atoms with van der Waals surface area (Å²) >= 11 is 3.45. The Morgan fingerprint density at radius 3 is 2.30 bits per heavy atom. The number of aryl methyl sites for hydroxylation is 1. The Balaban J connectivity index is 1.74. The molecule has 3 nitrogen and oxygen atoms in total. The van der Waals surface area contributed by atoms with Crippen molar-refractivity contribution in [2.45, 2.75) is 18.2 Å². The van der Waals surface area contributed by atoms with Gasteiger partial charge in [-0.05, 0) is 55.3 Å². The molecule has 0 saturated carbocycles. The molecule has 5 heteroatoms. The van der Waals surface area contributed by atoms with Gasteiger partial charge < -0.3 is 0 Å². The summed E-state index contributed by atoms with van der Waals surface area (Å²) < 4.78 is 28.5. The molecule has 0 heterocycles. The van der Waals surface area contributed by atoms with Crippen LogP contribution in [0.4, 0.5) is 0 Å². The summed E-state index contributed by atoms with van der Waals surface area (Å²) in [5, 5.41) is 0. The number of hydrogen-bond acceptors (Lipinski definition) is 2. The van der Waals surface area contributed by atoms with E-state index < -0.39 is 10.0 Å². The van der Waals surface area contributed by atoms with Crippen LogP contribution in [-0.4, -0.2) is 15.0 Å². The summed E-state index contributed by atoms with van der Waals surface area (Å²) in [6.45, 7) is 2.22. The normalized spacial score (nSPS) is 11.6. The van der Waals surface area contributed by atoms with E-state index in [1.165, 1.54) is 0 Å². The maximum atomic E-state index is 12.4. The minimum Gasteiger partial charge on any atom is -0.211 e. The maximum Gasteiger partial charge on any atom is 0.240 e. The fourth-order valence-corrected chi connectivity index (χ4v) is 4.05. The van der Waals surface area contributed by atoms with Crippen molar-refractivity contribution in [1.29, 1.82) is 0 Å². The van der Waals surface area contributed by atoms with E-state index in [0.29, 0.717) is 13.0 Å². The number of benzene rings is 3. The first-order valence-corrected chi connectivity index (χ1v) is 11.8. The lowest BCUT2D eigenvalue weighted by atomic mass is 10.0. The van der Waals surface area contributed by atoms with Crippen LogP contribution in [0.15, 0.2) is 94.3 Å². The maximum absolute atomic E-state index is 12.4. The highest BCUT2D eigenvalue weighted by atomic mass is 79.9. The third-order valence-electron chi connectivity index (χ3n) is 4.39. The van der Waals surface area contributed by atoms with Gasteiger partial charge in [0.1, 0.15) is 0 Å². The molecule has 0 bridgehead atoms. The van der Waals surface area contributed by atoms with E-state index in [4.69, 9.17) is 0 Å². The minimum atomic E-state index is -3.52. The van der Waals surface area contributed by atoms with E-state index in [9.17, 15) is 8.42 Å². The van der Waals surface area contributed by atoms with Crippen molar-refractivity contribution in [3.63, 3.8) is 0 Å². The second kappa shape index (κ2) is 10.4. The Morgan fingerprint density at radius 2 is 1.63 bits per heavy atom. The highest BCUT2D eigenvalue weighted by Gasteiger charge is 2.12. The standard InChI is InChI=1S/C25H22BrNO2S/c1-20-9-17-25(18-10-20)30(28,29)27-19-5-8-22(23-13-15-24(26)16-14-23)12-11-21-6-3-2-4-7-21/h2-4,6-10,13-18,27H,5,19H2,1H3/b22-8+. The highest BCUT2D eigenvalue weighted by Crippen LogP contribution is 2.18. The molecule has 0 aliphatic rings. The first-order chi connectivity index (χ1) is 14.4. The van der Waals surface area contributed by atoms with Crippen LogP contribution in [0.5, 0.6) is 0 Å². The summed E-state index contributed by atoms with van der Waals surface area (Å²) in [4.78, 5) is 0.272. The molecule has 0 spiro atoms. The van der Waals surface area contributed by atoms with Crippen LogP contribution in [-0.2, 0) is 10.0 Å². The zero-order valence-corrected chi connectivity index (χ0v) is 19.0. The zero-order valence-electron chi connectivity index (χ0n) is 16.6. The van der Waals surface area contributed by atoms with Crippen molar-refractivity contribution < 1.29 is 8.42 Å². The summed E-state index contributed by atoms with van der Waals surface area (Å²) in [5.74, 6) is 6.40. The van der Waals surface area contributed by atoms with E-state index in [1.54, 1.807) is 24.3 Å². The number of hydrogen-bond donors (Lipinski definition) is 1. The van der Waals surface area contributed by atoms with E-state index >= 15 is 0 Å². The average molecular weight is 480 g/mol. The van der Waals surface area contributed by atoms with Crippen LogP contribution in [0.25, 0.3) is 5.57 Å². The molecule has 0 aliphatic carbocycles. The molecule has 0 unspecified atom stereocenters. The number of rotatable bonds is 6. The van der Waals surface area contributed by atoms with Gasteiger partial charge in [0.15, 0.2) is 0 Å². The number of halogens is 1. The van der Waals surface area contributed by atoms with Crippen molar-refractivity contribution in [2.75, 3.05) is 6.54 Å². The molecule has 0 saturated heterocycles. The van der Waals surface area contributed by atoms with E-state index in [2.05, 4.69) is 32.5 Å². The van der Waals surface area contributed by atoms with Gasteiger partial charge in [-0.1, -0.05) is 81.9 Å². The van der Waals surface area contributed by atoms with Crippen molar-refractivity contribution in [3.05, 3.63) is 106 Å². The van der Waals surface area contributed by atoms with Gasteiger partial charge in [0, 0.05) is 22.2 Å². The fraction of sp³-hybridized carbons (Fsp3) is 0.120. The Morgan fingerprint density at radius 1 is 0.967 bits per heavy atom. The Hall–Kier alpha value is -2.65. The number of nitrogens with one attached hydrogen (secondary N) is 1. The molecule has 3 rings (SSSR count). The topological polar surface area (TPSA) is 46.2 Å². The van der Waals surface area contributed by atoms with Gasteiger partial charge in [0.05, 0.1) is 4.90 Å². The zero-order chi connectivity index (χ0) is 21.4. The highest BCUT2D eigenvalue weighted by molar-refractivity contribution is 9.10. The Kier molecular flexibility index (Phi) is 7.64. The second-order valence-electron chi connectivity index (χ2n) is 6.74. The molecule has 0 atom stereocenters. The summed E-state index contributed by atoms with van der Waals surface area (Å²) in [6.07, 6.45) is 2.50. The third-order valence-corrected chi connectivity index (χ3v) is 6.39. The molecular formula is C25H22BrNO2S. The van der Waals surface area contributed by atoms with Gasteiger partial charge in [0.2, 0.25) is 10.0 Å². The first-order valence-electron chi connectivity index (χ1n) is 9.53. The van der Waals surface area contributed by atoms with Gasteiger partial charge in [-0.25, -0.2) is 13.1 Å². The molecule has 0 radical (unpaired) electrons. The van der Waals surface area contributed by atoms with E-state index in [0.717, 1.165) is 26.7 Å². The molecule has 3 aromatic rings. The predicted octanol–water partition coefficient (Wildman–Crippen LogP) is 5.56. The van der Waals surface area contributed by atoms with E-state index in [-0.39, 0.29) is 4.90 Å². The lowest BCUT2D eigenvalue weighted by molar-refractivity contribution is 0.582. The minimum absolute atomic E-state index is 0.272. The molecule has 0 amide bonds. The molecule has 0 fully saturated rings. The predicted molar refractivity (Wildman–Crippen MR) is 126 cm³/mol. The molecule has 30 heavy (non-hydrogen) atoms. The molecular weight excluding hydrogens is 458 g/mol. The van der Waals surface area contributed by atoms with Crippen molar-refractivity contribution >= 4 is 31.5 Å². The van der Waals surface area contributed by atoms with Crippen molar-refractivity contribution in [1.82, 2.24) is 4.72 Å². The monoisotopic (exact) mass is 479 g/mol. The van der Waals surface area contributed by atoms with E-state index in [1.807, 2.05) is 67.6 Å². The van der Waals surface area contributed by atoms with Crippen LogP contribution in [0, 0.1) is 18.8 Å². The SMILES string of the molecule is Cc1ccc(S(=O)(=O)NCC/C=C(\C#Cc2ccccc2)c2ccc(Br)cc2)cc1. The van der Waals surface area contributed by atoms with Gasteiger partial charge >= 0.3 is 0 Å². The second-order valence-corrected chi connectivity index (χ2v) is 9.42. The quantitative estimate of drug-likeness (QED) is 0.371. The lowest BCUT2D eigenvalue weighted by Crippen LogP contribution is -2.24. The van der Waals surface area contributed by atoms with Crippen LogP contribution in [0.3, 0.4) is 0 Å². The molecule has 1 N–H and O–H groups in total. The first kappa shape index (κ1) is 22.0. The molecule has 152 valence electrons. The Labute approximate surface area is 187 Å². The largest absolute Gasteiger partial charge is 0.240 e. The van der Waals surface area contributed by atoms with Gasteiger partial charge in [-0.15, -0.1) is 0 Å². The summed E-state index contributed by atoms with van der Waals surface area (Å²) in [5.41, 5.74) is 3.80. The summed E-state index contributed by atoms with van der Waals surface area (Å²) in [6, 6.07) is 24.5.